The lowest BCUT2D eigenvalue weighted by molar-refractivity contribution is -0.122. The Morgan fingerprint density at radius 2 is 1.69 bits per heavy atom. The number of nitriles is 1. The van der Waals surface area contributed by atoms with E-state index in [1.54, 1.807) is 37.3 Å². The third-order valence-electron chi connectivity index (χ3n) is 5.80. The van der Waals surface area contributed by atoms with Gasteiger partial charge in [-0.2, -0.15) is 9.57 Å². The van der Waals surface area contributed by atoms with E-state index in [0.717, 1.165) is 9.21 Å². The van der Waals surface area contributed by atoms with Crippen LogP contribution in [0.5, 0.6) is 0 Å². The summed E-state index contributed by atoms with van der Waals surface area (Å²) in [6.45, 7) is 1.65. The van der Waals surface area contributed by atoms with Crippen LogP contribution in [0.4, 0.5) is 5.69 Å². The summed E-state index contributed by atoms with van der Waals surface area (Å²) < 4.78 is 28.9. The summed E-state index contributed by atoms with van der Waals surface area (Å²) in [4.78, 5) is 27.2. The highest BCUT2D eigenvalue weighted by molar-refractivity contribution is 7.89. The van der Waals surface area contributed by atoms with Crippen LogP contribution < -0.4 is 4.90 Å². The Morgan fingerprint density at radius 1 is 1.03 bits per heavy atom. The van der Waals surface area contributed by atoms with Gasteiger partial charge in [-0.05, 0) is 55.0 Å². The molecular formula is C25H19Cl2N3O4S. The average molecular weight is 528 g/mol. The predicted molar refractivity (Wildman–Crippen MR) is 132 cm³/mol. The van der Waals surface area contributed by atoms with Crippen molar-refractivity contribution in [1.82, 2.24) is 4.31 Å². The van der Waals surface area contributed by atoms with Crippen LogP contribution in [-0.4, -0.2) is 30.6 Å². The fraction of sp³-hybridized carbons (Fsp3) is 0.160. The van der Waals surface area contributed by atoms with E-state index in [1.165, 1.54) is 42.5 Å². The first kappa shape index (κ1) is 24.9. The summed E-state index contributed by atoms with van der Waals surface area (Å²) in [7, 11) is -4.38. The van der Waals surface area contributed by atoms with Crippen LogP contribution in [0, 0.1) is 11.3 Å². The number of anilines is 1. The Bertz CT molecular complexity index is 1440. The van der Waals surface area contributed by atoms with E-state index in [-0.39, 0.29) is 27.0 Å². The molecule has 0 N–H and O–H groups in total. The molecule has 0 bridgehead atoms. The van der Waals surface area contributed by atoms with Crippen molar-refractivity contribution in [2.75, 3.05) is 4.90 Å². The van der Waals surface area contributed by atoms with Crippen molar-refractivity contribution < 1.29 is 18.0 Å². The van der Waals surface area contributed by atoms with Crippen LogP contribution in [0.3, 0.4) is 0 Å². The van der Waals surface area contributed by atoms with Crippen molar-refractivity contribution in [2.24, 2.45) is 0 Å². The number of rotatable bonds is 6. The Hall–Kier alpha value is -3.22. The molecule has 0 radical (unpaired) electrons. The second-order valence-corrected chi connectivity index (χ2v) is 10.6. The fourth-order valence-electron chi connectivity index (χ4n) is 4.08. The quantitative estimate of drug-likeness (QED) is 0.422. The standard InChI is InChI=1S/C25H19Cl2N3O4S/c1-16(18-5-3-2-4-6-18)30(35(33,34)23-13-19(26)9-12-21(23)27)22-14-24(31)29(25(22)32)20-10-7-17(15-28)8-11-20/h2-13,16,22H,14H2,1H3. The van der Waals surface area contributed by atoms with E-state index in [1.807, 2.05) is 6.07 Å². The van der Waals surface area contributed by atoms with Crippen LogP contribution in [0.15, 0.2) is 77.7 Å². The lowest BCUT2D eigenvalue weighted by atomic mass is 10.1. The van der Waals surface area contributed by atoms with Crippen LogP contribution in [0.1, 0.15) is 30.5 Å². The maximum atomic E-state index is 14.0. The van der Waals surface area contributed by atoms with Gasteiger partial charge in [0, 0.05) is 11.1 Å². The summed E-state index contributed by atoms with van der Waals surface area (Å²) >= 11 is 12.3. The lowest BCUT2D eigenvalue weighted by Gasteiger charge is -2.32. The van der Waals surface area contributed by atoms with E-state index in [0.29, 0.717) is 11.1 Å². The van der Waals surface area contributed by atoms with Gasteiger partial charge in [-0.25, -0.2) is 13.3 Å². The molecule has 3 aromatic carbocycles. The molecule has 1 heterocycles. The zero-order valence-electron chi connectivity index (χ0n) is 18.4. The van der Waals surface area contributed by atoms with Crippen molar-refractivity contribution in [3.8, 4) is 6.07 Å². The largest absolute Gasteiger partial charge is 0.274 e. The summed E-state index contributed by atoms with van der Waals surface area (Å²) in [6, 6.07) is 18.6. The van der Waals surface area contributed by atoms with Gasteiger partial charge >= 0.3 is 0 Å². The minimum absolute atomic E-state index is 0.0552. The Kier molecular flexibility index (Phi) is 6.97. The second kappa shape index (κ2) is 9.80. The van der Waals surface area contributed by atoms with Crippen molar-refractivity contribution in [3.63, 3.8) is 0 Å². The normalized spacial score (nSPS) is 17.0. The number of imide groups is 1. The Balaban J connectivity index is 1.82. The molecule has 0 aromatic heterocycles. The number of sulfonamides is 1. The molecule has 1 fully saturated rings. The van der Waals surface area contributed by atoms with E-state index in [4.69, 9.17) is 28.5 Å². The van der Waals surface area contributed by atoms with Crippen LogP contribution in [-0.2, 0) is 19.6 Å². The van der Waals surface area contributed by atoms with Gasteiger partial charge in [-0.15, -0.1) is 0 Å². The Morgan fingerprint density at radius 3 is 2.31 bits per heavy atom. The van der Waals surface area contributed by atoms with E-state index in [2.05, 4.69) is 0 Å². The first-order valence-electron chi connectivity index (χ1n) is 10.6. The molecule has 1 aliphatic rings. The number of hydrogen-bond donors (Lipinski definition) is 0. The van der Waals surface area contributed by atoms with Gasteiger partial charge in [0.25, 0.3) is 5.91 Å². The summed E-state index contributed by atoms with van der Waals surface area (Å²) in [5.74, 6) is -1.24. The van der Waals surface area contributed by atoms with E-state index < -0.39 is 33.9 Å². The average Bonchev–Trinajstić information content (AvgIpc) is 3.14. The molecule has 10 heteroatoms. The van der Waals surface area contributed by atoms with Crippen molar-refractivity contribution in [1.29, 1.82) is 5.26 Å². The fourth-order valence-corrected chi connectivity index (χ4v) is 6.59. The van der Waals surface area contributed by atoms with Crippen LogP contribution in [0.25, 0.3) is 0 Å². The smallest absolute Gasteiger partial charge is 0.252 e. The van der Waals surface area contributed by atoms with Gasteiger partial charge in [0.2, 0.25) is 15.9 Å². The third-order valence-corrected chi connectivity index (χ3v) is 8.49. The molecule has 1 aliphatic heterocycles. The summed E-state index contributed by atoms with van der Waals surface area (Å²) in [5.41, 5.74) is 1.25. The number of amides is 2. The molecule has 3 aromatic rings. The van der Waals surface area contributed by atoms with Crippen LogP contribution in [0.2, 0.25) is 10.0 Å². The van der Waals surface area contributed by atoms with Gasteiger partial charge in [-0.3, -0.25) is 9.59 Å². The van der Waals surface area contributed by atoms with Gasteiger partial charge in [0.1, 0.15) is 10.9 Å². The number of nitrogens with zero attached hydrogens (tertiary/aromatic N) is 3. The summed E-state index contributed by atoms with van der Waals surface area (Å²) in [5, 5.41) is 9.14. The van der Waals surface area contributed by atoms with Crippen LogP contribution >= 0.6 is 23.2 Å². The molecule has 2 amide bonds. The molecule has 0 saturated carbocycles. The van der Waals surface area contributed by atoms with Gasteiger partial charge in [0.15, 0.2) is 0 Å². The first-order valence-corrected chi connectivity index (χ1v) is 12.7. The van der Waals surface area contributed by atoms with Crippen molar-refractivity contribution >= 4 is 50.7 Å². The highest BCUT2D eigenvalue weighted by Gasteiger charge is 2.49. The van der Waals surface area contributed by atoms with Crippen molar-refractivity contribution in [2.45, 2.75) is 30.3 Å². The minimum Gasteiger partial charge on any atom is -0.274 e. The molecule has 0 aliphatic carbocycles. The zero-order chi connectivity index (χ0) is 25.3. The molecule has 0 spiro atoms. The molecular weight excluding hydrogens is 509 g/mol. The predicted octanol–water partition coefficient (Wildman–Crippen LogP) is 4.95. The van der Waals surface area contributed by atoms with Gasteiger partial charge in [-0.1, -0.05) is 53.5 Å². The highest BCUT2D eigenvalue weighted by Crippen LogP contribution is 2.38. The first-order chi connectivity index (χ1) is 16.6. The van der Waals surface area contributed by atoms with Crippen molar-refractivity contribution in [3.05, 3.63) is 94.0 Å². The molecule has 35 heavy (non-hydrogen) atoms. The minimum atomic E-state index is -4.38. The molecule has 7 nitrogen and oxygen atoms in total. The molecule has 178 valence electrons. The van der Waals surface area contributed by atoms with E-state index in [9.17, 15) is 18.0 Å². The van der Waals surface area contributed by atoms with E-state index >= 15 is 0 Å². The number of halogens is 2. The topological polar surface area (TPSA) is 98.5 Å². The third kappa shape index (κ3) is 4.68. The number of carbonyl (C=O) groups is 2. The monoisotopic (exact) mass is 527 g/mol. The second-order valence-electron chi connectivity index (χ2n) is 7.94. The number of hydrogen-bond acceptors (Lipinski definition) is 5. The number of benzene rings is 3. The Labute approximate surface area is 213 Å². The number of carbonyl (C=O) groups excluding carboxylic acids is 2. The SMILES string of the molecule is CC(c1ccccc1)N(C1CC(=O)N(c2ccc(C#N)cc2)C1=O)S(=O)(=O)c1cc(Cl)ccc1Cl. The summed E-state index contributed by atoms with van der Waals surface area (Å²) in [6.07, 6.45) is -0.354. The molecule has 2 unspecified atom stereocenters. The molecule has 4 rings (SSSR count). The molecule has 1 saturated heterocycles. The zero-order valence-corrected chi connectivity index (χ0v) is 20.8. The maximum absolute atomic E-state index is 14.0. The maximum Gasteiger partial charge on any atom is 0.252 e. The molecule has 2 atom stereocenters. The van der Waals surface area contributed by atoms with Gasteiger partial charge < -0.3 is 0 Å². The van der Waals surface area contributed by atoms with Gasteiger partial charge in [0.05, 0.1) is 28.8 Å². The highest BCUT2D eigenvalue weighted by atomic mass is 35.5. The lowest BCUT2D eigenvalue weighted by Crippen LogP contribution is -2.46.